The zero-order chi connectivity index (χ0) is 7.72. The van der Waals surface area contributed by atoms with Crippen LogP contribution in [0.3, 0.4) is 0 Å². The Morgan fingerprint density at radius 2 is 1.70 bits per heavy atom. The van der Waals surface area contributed by atoms with Gasteiger partial charge in [-0.1, -0.05) is 0 Å². The Bertz CT molecular complexity index is 236. The molecule has 0 aliphatic heterocycles. The Hall–Kier alpha value is 0.889. The van der Waals surface area contributed by atoms with E-state index in [4.69, 9.17) is 34.8 Å². The number of halogens is 3. The summed E-state index contributed by atoms with van der Waals surface area (Å²) in [6.45, 7) is 0. The second kappa shape index (κ2) is 3.52. The summed E-state index contributed by atoms with van der Waals surface area (Å²) in [5, 5.41) is 1.82. The fourth-order valence-electron chi connectivity index (χ4n) is 0.576. The second-order valence-corrected chi connectivity index (χ2v) is 4.79. The summed E-state index contributed by atoms with van der Waals surface area (Å²) in [4.78, 5) is 0. The summed E-state index contributed by atoms with van der Waals surface area (Å²) in [6.07, 6.45) is 0. The van der Waals surface area contributed by atoms with Crippen molar-refractivity contribution >= 4 is 60.9 Å². The van der Waals surface area contributed by atoms with Crippen LogP contribution in [0.2, 0.25) is 15.1 Å². The summed E-state index contributed by atoms with van der Waals surface area (Å²) in [5.41, 5.74) is 0. The van der Waals surface area contributed by atoms with Gasteiger partial charge in [-0.05, 0) is 0 Å². The van der Waals surface area contributed by atoms with E-state index in [9.17, 15) is 0 Å². The van der Waals surface area contributed by atoms with Crippen molar-refractivity contribution in [1.82, 2.24) is 0 Å². The molecule has 0 saturated heterocycles. The predicted molar refractivity (Wildman–Crippen MR) is 48.3 cm³/mol. The maximum absolute atomic E-state index is 5.79. The van der Waals surface area contributed by atoms with E-state index in [1.54, 1.807) is 6.07 Å². The Kier molecular flexibility index (Phi) is 3.17. The summed E-state index contributed by atoms with van der Waals surface area (Å²) < 4.78 is 1.03. The molecule has 0 unspecified atom stereocenters. The maximum atomic E-state index is 5.79. The normalized spacial score (nSPS) is 10.0. The molecular formula is C6H3Cl3Sn. The van der Waals surface area contributed by atoms with Crippen LogP contribution in [0.5, 0.6) is 0 Å². The van der Waals surface area contributed by atoms with Gasteiger partial charge in [-0.15, -0.1) is 0 Å². The van der Waals surface area contributed by atoms with Gasteiger partial charge in [-0.25, -0.2) is 0 Å². The molecular weight excluding hydrogens is 297 g/mol. The van der Waals surface area contributed by atoms with Gasteiger partial charge >= 0.3 is 88.1 Å². The summed E-state index contributed by atoms with van der Waals surface area (Å²) in [7, 11) is 0. The van der Waals surface area contributed by atoms with E-state index in [0.717, 1.165) is 26.1 Å². The third kappa shape index (κ3) is 1.94. The molecule has 0 amide bonds. The molecule has 10 heavy (non-hydrogen) atoms. The van der Waals surface area contributed by atoms with E-state index in [1.807, 2.05) is 6.07 Å². The van der Waals surface area contributed by atoms with Crippen molar-refractivity contribution in [3.8, 4) is 0 Å². The first-order valence-corrected chi connectivity index (χ1v) is 5.29. The fourth-order valence-corrected chi connectivity index (χ4v) is 2.71. The van der Waals surface area contributed by atoms with Crippen LogP contribution in [0.25, 0.3) is 0 Å². The third-order valence-corrected chi connectivity index (χ3v) is 3.88. The average molecular weight is 300 g/mol. The van der Waals surface area contributed by atoms with Gasteiger partial charge in [0.25, 0.3) is 0 Å². The molecule has 0 aromatic heterocycles. The number of benzene rings is 1. The molecule has 52 valence electrons. The molecule has 0 spiro atoms. The van der Waals surface area contributed by atoms with Crippen molar-refractivity contribution in [2.75, 3.05) is 0 Å². The van der Waals surface area contributed by atoms with Crippen LogP contribution >= 0.6 is 34.8 Å². The summed E-state index contributed by atoms with van der Waals surface area (Å²) in [6, 6.07) is 3.48. The van der Waals surface area contributed by atoms with Crippen LogP contribution in [0.4, 0.5) is 0 Å². The molecule has 0 aliphatic rings. The quantitative estimate of drug-likeness (QED) is 0.509. The van der Waals surface area contributed by atoms with E-state index >= 15 is 0 Å². The van der Waals surface area contributed by atoms with E-state index in [1.165, 1.54) is 0 Å². The molecule has 0 nitrogen and oxygen atoms in total. The molecule has 0 fully saturated rings. The monoisotopic (exact) mass is 300 g/mol. The Morgan fingerprint density at radius 1 is 1.10 bits per heavy atom. The zero-order valence-electron chi connectivity index (χ0n) is 4.87. The van der Waals surface area contributed by atoms with Gasteiger partial charge < -0.3 is 0 Å². The molecule has 4 heteroatoms. The van der Waals surface area contributed by atoms with Gasteiger partial charge in [0.05, 0.1) is 0 Å². The molecule has 0 saturated carbocycles. The fraction of sp³-hybridized carbons (Fsp3) is 0. The first-order valence-electron chi connectivity index (χ1n) is 2.51. The van der Waals surface area contributed by atoms with E-state index in [-0.39, 0.29) is 0 Å². The standard InChI is InChI=1S/C6H2Cl3.Sn.H/c7-4-1-2-5(8)6(9)3-4;;/h1,3H;;. The van der Waals surface area contributed by atoms with Crippen molar-refractivity contribution in [2.45, 2.75) is 0 Å². The minimum absolute atomic E-state index is 0.539. The van der Waals surface area contributed by atoms with Gasteiger partial charge in [-0.3, -0.25) is 0 Å². The van der Waals surface area contributed by atoms with Crippen LogP contribution in [-0.2, 0) is 0 Å². The predicted octanol–water partition coefficient (Wildman–Crippen LogP) is 2.17. The van der Waals surface area contributed by atoms with Crippen LogP contribution < -0.4 is 3.58 Å². The molecule has 0 bridgehead atoms. The Balaban J connectivity index is 3.31. The summed E-state index contributed by atoms with van der Waals surface area (Å²) >= 11 is 18.2. The molecule has 0 aliphatic carbocycles. The topological polar surface area (TPSA) is 0 Å². The molecule has 0 N–H and O–H groups in total. The zero-order valence-corrected chi connectivity index (χ0v) is 10.4. The second-order valence-electron chi connectivity index (χ2n) is 1.79. The van der Waals surface area contributed by atoms with Gasteiger partial charge in [0.2, 0.25) is 0 Å². The van der Waals surface area contributed by atoms with Crippen molar-refractivity contribution in [1.29, 1.82) is 0 Å². The Morgan fingerprint density at radius 3 is 2.20 bits per heavy atom. The van der Waals surface area contributed by atoms with Crippen LogP contribution in [0, 0.1) is 0 Å². The van der Waals surface area contributed by atoms with Gasteiger partial charge in [0.1, 0.15) is 0 Å². The average Bonchev–Trinajstić information content (AvgIpc) is 1.82. The van der Waals surface area contributed by atoms with E-state index < -0.39 is 0 Å². The first kappa shape index (κ1) is 8.98. The van der Waals surface area contributed by atoms with Crippen molar-refractivity contribution in [3.63, 3.8) is 0 Å². The van der Waals surface area contributed by atoms with E-state index in [0.29, 0.717) is 15.1 Å². The first-order chi connectivity index (χ1) is 4.61. The van der Waals surface area contributed by atoms with Crippen LogP contribution in [0.15, 0.2) is 12.1 Å². The van der Waals surface area contributed by atoms with E-state index in [2.05, 4.69) is 0 Å². The third-order valence-electron chi connectivity index (χ3n) is 1.02. The molecule has 0 heterocycles. The van der Waals surface area contributed by atoms with Crippen LogP contribution in [-0.4, -0.2) is 22.5 Å². The van der Waals surface area contributed by atoms with Crippen molar-refractivity contribution < 1.29 is 0 Å². The minimum atomic E-state index is 0.539. The molecule has 1 aromatic carbocycles. The molecule has 1 rings (SSSR count). The number of hydrogen-bond donors (Lipinski definition) is 0. The van der Waals surface area contributed by atoms with Crippen molar-refractivity contribution in [2.24, 2.45) is 0 Å². The van der Waals surface area contributed by atoms with Crippen molar-refractivity contribution in [3.05, 3.63) is 27.2 Å². The van der Waals surface area contributed by atoms with Gasteiger partial charge in [-0.2, -0.15) is 0 Å². The number of hydrogen-bond acceptors (Lipinski definition) is 0. The SMILES string of the molecule is Clc1cc(Cl)c(Cl)[c]([SnH])c1. The summed E-state index contributed by atoms with van der Waals surface area (Å²) in [5.74, 6) is 0. The molecule has 0 atom stereocenters. The van der Waals surface area contributed by atoms with Gasteiger partial charge in [0.15, 0.2) is 0 Å². The molecule has 2 radical (unpaired) electrons. The molecule has 1 aromatic rings. The van der Waals surface area contributed by atoms with Crippen LogP contribution in [0.1, 0.15) is 0 Å². The number of rotatable bonds is 0. The van der Waals surface area contributed by atoms with Gasteiger partial charge in [0, 0.05) is 0 Å². The Labute approximate surface area is 87.6 Å².